The first kappa shape index (κ1) is 13.5. The molecule has 1 aromatic carbocycles. The molecular weight excluding hydrogens is 260 g/mol. The molecule has 2 rings (SSSR count). The standard InChI is InChI=1S/C13H16N4OS/c1-8-4-5-11(10(6-8)13(14)16-18)19-12-7-9(2)15-17(12)3/h4-7,18H,1-3H3,(H2,14,16). The maximum atomic E-state index is 8.86. The lowest BCUT2D eigenvalue weighted by Crippen LogP contribution is -2.14. The number of hydrogen-bond donors (Lipinski definition) is 2. The second-order valence-electron chi connectivity index (χ2n) is 4.33. The lowest BCUT2D eigenvalue weighted by Gasteiger charge is -2.09. The van der Waals surface area contributed by atoms with Gasteiger partial charge in [0, 0.05) is 17.5 Å². The SMILES string of the molecule is Cc1ccc(Sc2cc(C)nn2C)c(/C(N)=N/O)c1. The Balaban J connectivity index is 2.42. The lowest BCUT2D eigenvalue weighted by molar-refractivity contribution is 0.318. The smallest absolute Gasteiger partial charge is 0.171 e. The Hall–Kier alpha value is -1.95. The van der Waals surface area contributed by atoms with Gasteiger partial charge in [-0.15, -0.1) is 0 Å². The molecule has 0 saturated heterocycles. The zero-order valence-corrected chi connectivity index (χ0v) is 11.9. The van der Waals surface area contributed by atoms with Gasteiger partial charge in [-0.05, 0) is 32.0 Å². The van der Waals surface area contributed by atoms with Crippen LogP contribution in [0.4, 0.5) is 0 Å². The van der Waals surface area contributed by atoms with Crippen molar-refractivity contribution in [1.82, 2.24) is 9.78 Å². The van der Waals surface area contributed by atoms with Gasteiger partial charge in [-0.25, -0.2) is 0 Å². The largest absolute Gasteiger partial charge is 0.409 e. The van der Waals surface area contributed by atoms with Crippen LogP contribution in [-0.4, -0.2) is 20.8 Å². The van der Waals surface area contributed by atoms with Crippen LogP contribution < -0.4 is 5.73 Å². The highest BCUT2D eigenvalue weighted by atomic mass is 32.2. The van der Waals surface area contributed by atoms with Gasteiger partial charge in [0.05, 0.1) is 10.7 Å². The summed E-state index contributed by atoms with van der Waals surface area (Å²) in [5, 5.41) is 17.3. The number of amidine groups is 1. The van der Waals surface area contributed by atoms with E-state index in [1.54, 1.807) is 11.8 Å². The van der Waals surface area contributed by atoms with E-state index in [0.717, 1.165) is 26.7 Å². The van der Waals surface area contributed by atoms with Crippen LogP contribution in [0, 0.1) is 13.8 Å². The van der Waals surface area contributed by atoms with Crippen LogP contribution in [-0.2, 0) is 7.05 Å². The summed E-state index contributed by atoms with van der Waals surface area (Å²) in [5.74, 6) is 0.116. The third-order valence-corrected chi connectivity index (χ3v) is 3.86. The Labute approximate surface area is 116 Å². The number of aromatic nitrogens is 2. The average Bonchev–Trinajstić information content (AvgIpc) is 2.69. The normalized spacial score (nSPS) is 11.8. The van der Waals surface area contributed by atoms with Crippen molar-refractivity contribution in [1.29, 1.82) is 0 Å². The van der Waals surface area contributed by atoms with Crippen LogP contribution in [0.15, 0.2) is 39.3 Å². The number of aryl methyl sites for hydroxylation is 3. The quantitative estimate of drug-likeness (QED) is 0.390. The molecule has 19 heavy (non-hydrogen) atoms. The monoisotopic (exact) mass is 276 g/mol. The molecule has 0 atom stereocenters. The van der Waals surface area contributed by atoms with Gasteiger partial charge < -0.3 is 10.9 Å². The average molecular weight is 276 g/mol. The van der Waals surface area contributed by atoms with Crippen LogP contribution in [0.5, 0.6) is 0 Å². The van der Waals surface area contributed by atoms with E-state index in [2.05, 4.69) is 10.3 Å². The molecule has 0 saturated carbocycles. The van der Waals surface area contributed by atoms with Gasteiger partial charge in [0.2, 0.25) is 0 Å². The first-order valence-electron chi connectivity index (χ1n) is 5.78. The number of nitrogens with zero attached hydrogens (tertiary/aromatic N) is 3. The third kappa shape index (κ3) is 2.90. The highest BCUT2D eigenvalue weighted by Crippen LogP contribution is 2.31. The summed E-state index contributed by atoms with van der Waals surface area (Å²) >= 11 is 1.54. The second-order valence-corrected chi connectivity index (χ2v) is 5.40. The summed E-state index contributed by atoms with van der Waals surface area (Å²) in [6.07, 6.45) is 0. The Morgan fingerprint density at radius 3 is 2.68 bits per heavy atom. The van der Waals surface area contributed by atoms with Crippen LogP contribution in [0.25, 0.3) is 0 Å². The molecule has 5 nitrogen and oxygen atoms in total. The lowest BCUT2D eigenvalue weighted by atomic mass is 10.1. The number of benzene rings is 1. The summed E-state index contributed by atoms with van der Waals surface area (Å²) in [6.45, 7) is 3.92. The van der Waals surface area contributed by atoms with E-state index in [9.17, 15) is 0 Å². The van der Waals surface area contributed by atoms with Crippen molar-refractivity contribution in [2.45, 2.75) is 23.8 Å². The van der Waals surface area contributed by atoms with Crippen molar-refractivity contribution in [3.63, 3.8) is 0 Å². The molecule has 0 aliphatic rings. The molecule has 0 unspecified atom stereocenters. The molecule has 1 aromatic heterocycles. The van der Waals surface area contributed by atoms with E-state index in [-0.39, 0.29) is 5.84 Å². The van der Waals surface area contributed by atoms with Crippen molar-refractivity contribution in [2.75, 3.05) is 0 Å². The van der Waals surface area contributed by atoms with Gasteiger partial charge in [-0.3, -0.25) is 4.68 Å². The summed E-state index contributed by atoms with van der Waals surface area (Å²) in [4.78, 5) is 0.934. The minimum Gasteiger partial charge on any atom is -0.409 e. The molecule has 1 heterocycles. The summed E-state index contributed by atoms with van der Waals surface area (Å²) < 4.78 is 1.82. The van der Waals surface area contributed by atoms with Crippen molar-refractivity contribution in [2.24, 2.45) is 17.9 Å². The number of hydrogen-bond acceptors (Lipinski definition) is 4. The van der Waals surface area contributed by atoms with Gasteiger partial charge in [-0.2, -0.15) is 5.10 Å². The number of oxime groups is 1. The minimum absolute atomic E-state index is 0.116. The first-order valence-corrected chi connectivity index (χ1v) is 6.60. The highest BCUT2D eigenvalue weighted by molar-refractivity contribution is 7.99. The van der Waals surface area contributed by atoms with Crippen molar-refractivity contribution in [3.8, 4) is 0 Å². The molecule has 0 bridgehead atoms. The van der Waals surface area contributed by atoms with Gasteiger partial charge in [-0.1, -0.05) is 28.5 Å². The fourth-order valence-corrected chi connectivity index (χ4v) is 2.82. The maximum Gasteiger partial charge on any atom is 0.171 e. The van der Waals surface area contributed by atoms with Crippen LogP contribution in [0.1, 0.15) is 16.8 Å². The topological polar surface area (TPSA) is 76.4 Å². The van der Waals surface area contributed by atoms with Crippen molar-refractivity contribution < 1.29 is 5.21 Å². The molecule has 0 aliphatic heterocycles. The molecule has 0 fully saturated rings. The fraction of sp³-hybridized carbons (Fsp3) is 0.231. The summed E-state index contributed by atoms with van der Waals surface area (Å²) in [7, 11) is 1.90. The third-order valence-electron chi connectivity index (χ3n) is 2.69. The Bertz CT molecular complexity index is 634. The first-order chi connectivity index (χ1) is 9.01. The van der Waals surface area contributed by atoms with E-state index in [1.807, 2.05) is 49.8 Å². The van der Waals surface area contributed by atoms with Crippen LogP contribution in [0.3, 0.4) is 0 Å². The van der Waals surface area contributed by atoms with Gasteiger partial charge in [0.25, 0.3) is 0 Å². The molecule has 6 heteroatoms. The molecule has 0 spiro atoms. The fourth-order valence-electron chi connectivity index (χ4n) is 1.78. The number of rotatable bonds is 3. The van der Waals surface area contributed by atoms with E-state index in [1.165, 1.54) is 0 Å². The van der Waals surface area contributed by atoms with E-state index >= 15 is 0 Å². The minimum atomic E-state index is 0.116. The maximum absolute atomic E-state index is 8.86. The highest BCUT2D eigenvalue weighted by Gasteiger charge is 2.11. The predicted octanol–water partition coefficient (Wildman–Crippen LogP) is 2.28. The van der Waals surface area contributed by atoms with E-state index in [0.29, 0.717) is 0 Å². The van der Waals surface area contributed by atoms with Crippen molar-refractivity contribution >= 4 is 17.6 Å². The number of nitrogens with two attached hydrogens (primary N) is 1. The predicted molar refractivity (Wildman–Crippen MR) is 75.8 cm³/mol. The van der Waals surface area contributed by atoms with Crippen LogP contribution >= 0.6 is 11.8 Å². The van der Waals surface area contributed by atoms with Gasteiger partial charge in [0.15, 0.2) is 5.84 Å². The zero-order valence-electron chi connectivity index (χ0n) is 11.1. The Morgan fingerprint density at radius 2 is 2.11 bits per heavy atom. The van der Waals surface area contributed by atoms with E-state index < -0.39 is 0 Å². The molecular formula is C13H16N4OS. The Kier molecular flexibility index (Phi) is 3.80. The molecule has 0 aliphatic carbocycles. The molecule has 0 radical (unpaired) electrons. The molecule has 100 valence electrons. The molecule has 0 amide bonds. The summed E-state index contributed by atoms with van der Waals surface area (Å²) in [6, 6.07) is 7.87. The van der Waals surface area contributed by atoms with Crippen molar-refractivity contribution in [3.05, 3.63) is 41.1 Å². The Morgan fingerprint density at radius 1 is 1.37 bits per heavy atom. The van der Waals surface area contributed by atoms with E-state index in [4.69, 9.17) is 10.9 Å². The zero-order chi connectivity index (χ0) is 14.0. The summed E-state index contributed by atoms with van der Waals surface area (Å²) in [5.41, 5.74) is 8.48. The molecule has 2 aromatic rings. The van der Waals surface area contributed by atoms with Crippen LogP contribution in [0.2, 0.25) is 0 Å². The molecule has 3 N–H and O–H groups in total. The van der Waals surface area contributed by atoms with Gasteiger partial charge >= 0.3 is 0 Å². The second kappa shape index (κ2) is 5.36. The van der Waals surface area contributed by atoms with Gasteiger partial charge in [0.1, 0.15) is 0 Å².